The molecule has 3 heterocycles. The normalized spacial score (nSPS) is 14.6. The summed E-state index contributed by atoms with van der Waals surface area (Å²) in [6, 6.07) is 8.34. The standard InChI is InChI=1S/C24H37N9O/c1-2-3-4-9-28-23-30-21(25)20-22(31-23)33(24(34)29-20)17-19-7-5-18(6-8-19)16-27-12-15-32-13-10-26-11-14-32/h5-8,26-27H,2-4,9-17H2,1H3,(H,29,34)(H3,25,28,30,31). The van der Waals surface area contributed by atoms with Gasteiger partial charge in [0.2, 0.25) is 5.95 Å². The molecule has 0 spiro atoms. The lowest BCUT2D eigenvalue weighted by atomic mass is 10.1. The number of anilines is 2. The van der Waals surface area contributed by atoms with Gasteiger partial charge in [0.1, 0.15) is 5.52 Å². The van der Waals surface area contributed by atoms with Gasteiger partial charge < -0.3 is 26.7 Å². The van der Waals surface area contributed by atoms with Crippen molar-refractivity contribution in [3.8, 4) is 0 Å². The molecule has 1 saturated heterocycles. The Morgan fingerprint density at radius 3 is 2.59 bits per heavy atom. The second kappa shape index (κ2) is 12.0. The largest absolute Gasteiger partial charge is 0.382 e. The van der Waals surface area contributed by atoms with Gasteiger partial charge in [-0.3, -0.25) is 9.47 Å². The van der Waals surface area contributed by atoms with E-state index < -0.39 is 0 Å². The lowest BCUT2D eigenvalue weighted by Gasteiger charge is -2.27. The van der Waals surface area contributed by atoms with Crippen LogP contribution in [-0.2, 0) is 13.1 Å². The minimum atomic E-state index is -0.238. The lowest BCUT2D eigenvalue weighted by Crippen LogP contribution is -2.45. The van der Waals surface area contributed by atoms with Gasteiger partial charge in [-0.2, -0.15) is 9.97 Å². The molecule has 10 heteroatoms. The summed E-state index contributed by atoms with van der Waals surface area (Å²) in [6.07, 6.45) is 3.32. The highest BCUT2D eigenvalue weighted by molar-refractivity contribution is 5.82. The van der Waals surface area contributed by atoms with Gasteiger partial charge in [0.15, 0.2) is 11.5 Å². The molecule has 0 radical (unpaired) electrons. The van der Waals surface area contributed by atoms with Crippen LogP contribution >= 0.6 is 0 Å². The third-order valence-corrected chi connectivity index (χ3v) is 6.22. The number of nitrogens with one attached hydrogen (secondary N) is 4. The second-order valence-electron chi connectivity index (χ2n) is 8.87. The number of imidazole rings is 1. The Morgan fingerprint density at radius 1 is 1.06 bits per heavy atom. The molecule has 10 nitrogen and oxygen atoms in total. The molecular weight excluding hydrogens is 430 g/mol. The highest BCUT2D eigenvalue weighted by atomic mass is 16.1. The number of unbranched alkanes of at least 4 members (excludes halogenated alkanes) is 2. The molecule has 2 aromatic heterocycles. The van der Waals surface area contributed by atoms with E-state index in [2.05, 4.69) is 67.0 Å². The van der Waals surface area contributed by atoms with Gasteiger partial charge >= 0.3 is 5.69 Å². The highest BCUT2D eigenvalue weighted by Crippen LogP contribution is 2.18. The predicted octanol–water partition coefficient (Wildman–Crippen LogP) is 1.35. The van der Waals surface area contributed by atoms with Crippen molar-refractivity contribution < 1.29 is 0 Å². The molecule has 6 N–H and O–H groups in total. The molecule has 0 amide bonds. The van der Waals surface area contributed by atoms with E-state index in [0.29, 0.717) is 23.7 Å². The van der Waals surface area contributed by atoms with Crippen LogP contribution in [0.15, 0.2) is 29.1 Å². The van der Waals surface area contributed by atoms with Crippen molar-refractivity contribution in [3.05, 3.63) is 45.9 Å². The molecule has 4 rings (SSSR count). The zero-order valence-electron chi connectivity index (χ0n) is 20.1. The maximum Gasteiger partial charge on any atom is 0.328 e. The number of nitrogens with zero attached hydrogens (tertiary/aromatic N) is 4. The Balaban J connectivity index is 1.36. The van der Waals surface area contributed by atoms with Crippen molar-refractivity contribution >= 4 is 22.9 Å². The van der Waals surface area contributed by atoms with E-state index >= 15 is 0 Å². The quantitative estimate of drug-likeness (QED) is 0.253. The summed E-state index contributed by atoms with van der Waals surface area (Å²) in [7, 11) is 0. The summed E-state index contributed by atoms with van der Waals surface area (Å²) >= 11 is 0. The third kappa shape index (κ3) is 6.34. The molecule has 0 atom stereocenters. The number of piperazine rings is 1. The van der Waals surface area contributed by atoms with E-state index in [9.17, 15) is 4.79 Å². The summed E-state index contributed by atoms with van der Waals surface area (Å²) in [5.74, 6) is 0.733. The van der Waals surface area contributed by atoms with Crippen LogP contribution < -0.4 is 27.4 Å². The van der Waals surface area contributed by atoms with Gasteiger partial charge in [-0.1, -0.05) is 44.0 Å². The first kappa shape index (κ1) is 24.2. The maximum atomic E-state index is 12.6. The summed E-state index contributed by atoms with van der Waals surface area (Å²) in [6.45, 7) is 10.6. The molecule has 0 aliphatic carbocycles. The number of fused-ring (bicyclic) bond motifs is 1. The molecular formula is C24H37N9O. The van der Waals surface area contributed by atoms with Crippen LogP contribution in [0.5, 0.6) is 0 Å². The zero-order valence-corrected chi connectivity index (χ0v) is 20.1. The Bertz CT molecular complexity index is 1100. The third-order valence-electron chi connectivity index (χ3n) is 6.22. The van der Waals surface area contributed by atoms with Crippen molar-refractivity contribution in [2.45, 2.75) is 39.3 Å². The average molecular weight is 468 g/mol. The second-order valence-corrected chi connectivity index (χ2v) is 8.87. The fraction of sp³-hybridized carbons (Fsp3) is 0.542. The number of H-pyrrole nitrogens is 1. The van der Waals surface area contributed by atoms with Crippen LogP contribution in [0.4, 0.5) is 11.8 Å². The monoisotopic (exact) mass is 467 g/mol. The molecule has 0 bridgehead atoms. The number of hydrogen-bond acceptors (Lipinski definition) is 8. The van der Waals surface area contributed by atoms with E-state index in [0.717, 1.165) is 77.2 Å². The Kier molecular flexibility index (Phi) is 8.51. The molecule has 1 aliphatic heterocycles. The van der Waals surface area contributed by atoms with Gasteiger partial charge in [0, 0.05) is 52.4 Å². The molecule has 1 fully saturated rings. The number of aromatic nitrogens is 4. The van der Waals surface area contributed by atoms with Gasteiger partial charge in [0.05, 0.1) is 6.54 Å². The van der Waals surface area contributed by atoms with E-state index in [-0.39, 0.29) is 11.5 Å². The van der Waals surface area contributed by atoms with Crippen LogP contribution in [0.3, 0.4) is 0 Å². The van der Waals surface area contributed by atoms with Crippen molar-refractivity contribution in [1.82, 2.24) is 35.1 Å². The van der Waals surface area contributed by atoms with Crippen LogP contribution in [0.1, 0.15) is 37.3 Å². The molecule has 0 saturated carbocycles. The predicted molar refractivity (Wildman–Crippen MR) is 137 cm³/mol. The van der Waals surface area contributed by atoms with Crippen LogP contribution in [0.2, 0.25) is 0 Å². The number of aromatic amines is 1. The summed E-state index contributed by atoms with van der Waals surface area (Å²) in [5.41, 5.74) is 9.12. The van der Waals surface area contributed by atoms with Crippen LogP contribution in [0.25, 0.3) is 11.2 Å². The van der Waals surface area contributed by atoms with E-state index in [1.54, 1.807) is 4.57 Å². The Labute approximate surface area is 200 Å². The molecule has 1 aliphatic rings. The van der Waals surface area contributed by atoms with Gasteiger partial charge in [-0.05, 0) is 17.5 Å². The van der Waals surface area contributed by atoms with Crippen LogP contribution in [-0.4, -0.2) is 70.2 Å². The number of hydrogen-bond donors (Lipinski definition) is 5. The van der Waals surface area contributed by atoms with Gasteiger partial charge in [-0.15, -0.1) is 0 Å². The topological polar surface area (TPSA) is 129 Å². The average Bonchev–Trinajstić information content (AvgIpc) is 3.17. The number of nitrogens with two attached hydrogens (primary N) is 1. The summed E-state index contributed by atoms with van der Waals surface area (Å²) < 4.78 is 1.62. The first-order valence-electron chi connectivity index (χ1n) is 12.4. The van der Waals surface area contributed by atoms with E-state index in [1.165, 1.54) is 5.56 Å². The number of rotatable bonds is 12. The van der Waals surface area contributed by atoms with E-state index in [4.69, 9.17) is 5.73 Å². The minimum absolute atomic E-state index is 0.238. The first-order chi connectivity index (χ1) is 16.6. The fourth-order valence-electron chi connectivity index (χ4n) is 4.20. The first-order valence-corrected chi connectivity index (χ1v) is 12.4. The molecule has 3 aromatic rings. The number of nitrogen functional groups attached to an aromatic ring is 1. The lowest BCUT2D eigenvalue weighted by molar-refractivity contribution is 0.241. The fourth-order valence-corrected chi connectivity index (χ4v) is 4.20. The molecule has 1 aromatic carbocycles. The Hall–Kier alpha value is -2.95. The number of benzene rings is 1. The maximum absolute atomic E-state index is 12.6. The summed E-state index contributed by atoms with van der Waals surface area (Å²) in [4.78, 5) is 26.8. The summed E-state index contributed by atoms with van der Waals surface area (Å²) in [5, 5.41) is 10.1. The van der Waals surface area contributed by atoms with Crippen molar-refractivity contribution in [2.24, 2.45) is 0 Å². The molecule has 34 heavy (non-hydrogen) atoms. The van der Waals surface area contributed by atoms with Gasteiger partial charge in [-0.25, -0.2) is 4.79 Å². The minimum Gasteiger partial charge on any atom is -0.382 e. The van der Waals surface area contributed by atoms with Crippen molar-refractivity contribution in [1.29, 1.82) is 0 Å². The highest BCUT2D eigenvalue weighted by Gasteiger charge is 2.14. The SMILES string of the molecule is CCCCCNc1nc(N)c2[nH]c(=O)n(Cc3ccc(CNCCN4CCNCC4)cc3)c2n1. The smallest absolute Gasteiger partial charge is 0.328 e. The van der Waals surface area contributed by atoms with Crippen LogP contribution in [0, 0.1) is 0 Å². The van der Waals surface area contributed by atoms with E-state index in [1.807, 2.05) is 0 Å². The molecule has 184 valence electrons. The Morgan fingerprint density at radius 2 is 1.82 bits per heavy atom. The van der Waals surface area contributed by atoms with Crippen molar-refractivity contribution in [3.63, 3.8) is 0 Å². The molecule has 0 unspecified atom stereocenters. The zero-order chi connectivity index (χ0) is 23.8. The van der Waals surface area contributed by atoms with Gasteiger partial charge in [0.25, 0.3) is 0 Å². The van der Waals surface area contributed by atoms with Crippen molar-refractivity contribution in [2.75, 3.05) is 56.9 Å².